The molecule has 1 atom stereocenters. The number of rotatable bonds is 3. The molecule has 0 spiro atoms. The molecule has 2 amide bonds. The van der Waals surface area contributed by atoms with Crippen molar-refractivity contribution in [2.45, 2.75) is 70.0 Å². The van der Waals surface area contributed by atoms with Gasteiger partial charge < -0.3 is 24.7 Å². The van der Waals surface area contributed by atoms with Crippen LogP contribution in [0.15, 0.2) is 18.2 Å². The first-order chi connectivity index (χ1) is 14.5. The van der Waals surface area contributed by atoms with Crippen LogP contribution in [-0.4, -0.2) is 69.4 Å². The lowest BCUT2D eigenvalue weighted by Crippen LogP contribution is -2.55. The van der Waals surface area contributed by atoms with Gasteiger partial charge in [0.2, 0.25) is 5.91 Å². The van der Waals surface area contributed by atoms with E-state index in [2.05, 4.69) is 0 Å². The van der Waals surface area contributed by atoms with Crippen LogP contribution in [-0.2, 0) is 9.53 Å². The zero-order valence-electron chi connectivity index (χ0n) is 18.6. The summed E-state index contributed by atoms with van der Waals surface area (Å²) in [6, 6.07) is 3.86. The van der Waals surface area contributed by atoms with Crippen molar-refractivity contribution >= 4 is 12.0 Å². The third-order valence-electron chi connectivity index (χ3n) is 6.05. The third-order valence-corrected chi connectivity index (χ3v) is 6.05. The Morgan fingerprint density at radius 2 is 1.65 bits per heavy atom. The van der Waals surface area contributed by atoms with Gasteiger partial charge in [0.25, 0.3) is 0 Å². The molecular weight excluding hydrogens is 403 g/mol. The summed E-state index contributed by atoms with van der Waals surface area (Å²) >= 11 is 0. The van der Waals surface area contributed by atoms with Crippen LogP contribution in [0.5, 0.6) is 5.75 Å². The van der Waals surface area contributed by atoms with Gasteiger partial charge >= 0.3 is 6.09 Å². The van der Waals surface area contributed by atoms with Gasteiger partial charge in [0.1, 0.15) is 5.60 Å². The molecule has 2 N–H and O–H groups in total. The van der Waals surface area contributed by atoms with Crippen molar-refractivity contribution in [1.82, 2.24) is 9.80 Å². The standard InChI is InChI=1S/C23H33FN2O5/c1-22(2,3)31-21(29)26-13-11-25(12-14-26)20(28)19(23(30)9-5-4-6-10-23)16-7-8-18(27)17(24)15-16/h7-8,15,19,27,30H,4-6,9-14H2,1-3H3. The molecule has 0 aromatic heterocycles. The predicted octanol–water partition coefficient (Wildman–Crippen LogP) is 3.39. The largest absolute Gasteiger partial charge is 0.505 e. The topological polar surface area (TPSA) is 90.3 Å². The van der Waals surface area contributed by atoms with Crippen molar-refractivity contribution in [1.29, 1.82) is 0 Å². The van der Waals surface area contributed by atoms with Crippen LogP contribution < -0.4 is 0 Å². The maximum atomic E-state index is 14.1. The molecule has 172 valence electrons. The van der Waals surface area contributed by atoms with Gasteiger partial charge in [-0.05, 0) is 51.3 Å². The first kappa shape index (κ1) is 23.3. The summed E-state index contributed by atoms with van der Waals surface area (Å²) in [7, 11) is 0. The number of hydrogen-bond donors (Lipinski definition) is 2. The molecule has 3 rings (SSSR count). The van der Waals surface area contributed by atoms with Gasteiger partial charge in [0, 0.05) is 26.2 Å². The normalized spacial score (nSPS) is 20.3. The second-order valence-electron chi connectivity index (χ2n) is 9.60. The molecule has 31 heavy (non-hydrogen) atoms. The summed E-state index contributed by atoms with van der Waals surface area (Å²) in [5.41, 5.74) is -1.50. The van der Waals surface area contributed by atoms with Crippen molar-refractivity contribution in [3.8, 4) is 5.75 Å². The average molecular weight is 437 g/mol. The first-order valence-corrected chi connectivity index (χ1v) is 11.0. The number of phenols is 1. The van der Waals surface area contributed by atoms with E-state index in [9.17, 15) is 24.2 Å². The summed E-state index contributed by atoms with van der Waals surface area (Å²) < 4.78 is 19.5. The van der Waals surface area contributed by atoms with Crippen LogP contribution >= 0.6 is 0 Å². The van der Waals surface area contributed by atoms with E-state index in [1.807, 2.05) is 0 Å². The highest BCUT2D eigenvalue weighted by Gasteiger charge is 2.45. The number of aromatic hydroxyl groups is 1. The van der Waals surface area contributed by atoms with Gasteiger partial charge in [0.15, 0.2) is 11.6 Å². The van der Waals surface area contributed by atoms with Crippen LogP contribution in [0.4, 0.5) is 9.18 Å². The Bertz CT molecular complexity index is 809. The number of ether oxygens (including phenoxy) is 1. The van der Waals surface area contributed by atoms with Gasteiger partial charge in [-0.1, -0.05) is 25.3 Å². The van der Waals surface area contributed by atoms with Crippen LogP contribution in [0.3, 0.4) is 0 Å². The fourth-order valence-corrected chi connectivity index (χ4v) is 4.46. The molecule has 0 radical (unpaired) electrons. The van der Waals surface area contributed by atoms with E-state index in [1.54, 1.807) is 30.6 Å². The molecule has 0 bridgehead atoms. The summed E-state index contributed by atoms with van der Waals surface area (Å²) in [4.78, 5) is 29.1. The predicted molar refractivity (Wildman–Crippen MR) is 113 cm³/mol. The molecule has 7 nitrogen and oxygen atoms in total. The highest BCUT2D eigenvalue weighted by atomic mass is 19.1. The molecule has 2 aliphatic rings. The molecule has 1 aliphatic heterocycles. The van der Waals surface area contributed by atoms with Crippen molar-refractivity contribution in [3.05, 3.63) is 29.6 Å². The number of amides is 2. The maximum absolute atomic E-state index is 14.1. The van der Waals surface area contributed by atoms with E-state index in [0.29, 0.717) is 44.6 Å². The lowest BCUT2D eigenvalue weighted by Gasteiger charge is -2.43. The quantitative estimate of drug-likeness (QED) is 0.758. The Balaban J connectivity index is 1.78. The van der Waals surface area contributed by atoms with E-state index in [4.69, 9.17) is 4.74 Å². The maximum Gasteiger partial charge on any atom is 0.410 e. The zero-order valence-corrected chi connectivity index (χ0v) is 18.6. The number of aliphatic hydroxyl groups is 1. The van der Waals surface area contributed by atoms with E-state index in [1.165, 1.54) is 12.1 Å². The number of benzene rings is 1. The van der Waals surface area contributed by atoms with Gasteiger partial charge in [0.05, 0.1) is 11.5 Å². The number of hydrogen-bond acceptors (Lipinski definition) is 5. The number of carbonyl (C=O) groups is 2. The van der Waals surface area contributed by atoms with Crippen LogP contribution in [0.25, 0.3) is 0 Å². The highest BCUT2D eigenvalue weighted by Crippen LogP contribution is 2.42. The monoisotopic (exact) mass is 436 g/mol. The Hall–Kier alpha value is -2.35. The highest BCUT2D eigenvalue weighted by molar-refractivity contribution is 5.85. The van der Waals surface area contributed by atoms with Crippen LogP contribution in [0.1, 0.15) is 64.4 Å². The van der Waals surface area contributed by atoms with E-state index >= 15 is 0 Å². The Labute approximate surface area is 182 Å². The summed E-state index contributed by atoms with van der Waals surface area (Å²) in [6.45, 7) is 6.69. The number of piperazine rings is 1. The molecule has 8 heteroatoms. The lowest BCUT2D eigenvalue weighted by atomic mass is 9.72. The van der Waals surface area contributed by atoms with Crippen LogP contribution in [0.2, 0.25) is 0 Å². The fraction of sp³-hybridized carbons (Fsp3) is 0.652. The Kier molecular flexibility index (Phi) is 6.79. The molecule has 1 saturated heterocycles. The van der Waals surface area contributed by atoms with E-state index in [0.717, 1.165) is 25.3 Å². The van der Waals surface area contributed by atoms with Gasteiger partial charge in [-0.25, -0.2) is 9.18 Å². The van der Waals surface area contributed by atoms with E-state index in [-0.39, 0.29) is 5.91 Å². The first-order valence-electron chi connectivity index (χ1n) is 11.0. The second kappa shape index (κ2) is 9.02. The summed E-state index contributed by atoms with van der Waals surface area (Å²) in [6.07, 6.45) is 3.10. The van der Waals surface area contributed by atoms with Crippen molar-refractivity contribution in [2.24, 2.45) is 0 Å². The van der Waals surface area contributed by atoms with Crippen LogP contribution in [0, 0.1) is 5.82 Å². The number of phenolic OH excluding ortho intramolecular Hbond substituents is 1. The minimum atomic E-state index is -1.26. The second-order valence-corrected chi connectivity index (χ2v) is 9.60. The molecule has 1 aromatic carbocycles. The van der Waals surface area contributed by atoms with Crippen molar-refractivity contribution < 1.29 is 28.9 Å². The van der Waals surface area contributed by atoms with Crippen molar-refractivity contribution in [2.75, 3.05) is 26.2 Å². The Morgan fingerprint density at radius 3 is 2.19 bits per heavy atom. The lowest BCUT2D eigenvalue weighted by molar-refractivity contribution is -0.143. The molecule has 1 aromatic rings. The molecule has 1 heterocycles. The minimum Gasteiger partial charge on any atom is -0.505 e. The average Bonchev–Trinajstić information content (AvgIpc) is 2.70. The number of nitrogens with zero attached hydrogens (tertiary/aromatic N) is 2. The minimum absolute atomic E-state index is 0.279. The fourth-order valence-electron chi connectivity index (χ4n) is 4.46. The smallest absolute Gasteiger partial charge is 0.410 e. The Morgan fingerprint density at radius 1 is 1.06 bits per heavy atom. The molecule has 1 aliphatic carbocycles. The van der Waals surface area contributed by atoms with Crippen molar-refractivity contribution in [3.63, 3.8) is 0 Å². The zero-order chi connectivity index (χ0) is 22.8. The molecule has 1 unspecified atom stereocenters. The molecular formula is C23H33FN2O5. The SMILES string of the molecule is CC(C)(C)OC(=O)N1CCN(C(=O)C(c2ccc(O)c(F)c2)C2(O)CCCCC2)CC1. The number of carbonyl (C=O) groups excluding carboxylic acids is 2. The molecule has 2 fully saturated rings. The summed E-state index contributed by atoms with van der Waals surface area (Å²) in [5, 5.41) is 21.0. The van der Waals surface area contributed by atoms with Gasteiger partial charge in [-0.15, -0.1) is 0 Å². The number of halogens is 1. The van der Waals surface area contributed by atoms with Gasteiger partial charge in [-0.3, -0.25) is 4.79 Å². The van der Waals surface area contributed by atoms with Gasteiger partial charge in [-0.2, -0.15) is 0 Å². The van der Waals surface area contributed by atoms with E-state index < -0.39 is 34.8 Å². The third kappa shape index (κ3) is 5.47. The summed E-state index contributed by atoms with van der Waals surface area (Å²) in [5.74, 6) is -2.50. The molecule has 1 saturated carbocycles.